The third-order valence-corrected chi connectivity index (χ3v) is 5.85. The number of rotatable bonds is 8. The fourth-order valence-electron chi connectivity index (χ4n) is 4.27. The molecule has 3 aromatic rings. The van der Waals surface area contributed by atoms with Crippen molar-refractivity contribution in [3.8, 4) is 5.75 Å². The molecule has 0 aromatic heterocycles. The van der Waals surface area contributed by atoms with E-state index in [9.17, 15) is 9.90 Å². The van der Waals surface area contributed by atoms with Crippen LogP contribution in [0.4, 0.5) is 0 Å². The average Bonchev–Trinajstić information content (AvgIpc) is 2.80. The van der Waals surface area contributed by atoms with Gasteiger partial charge in [0.1, 0.15) is 5.75 Å². The van der Waals surface area contributed by atoms with E-state index in [2.05, 4.69) is 29.6 Å². The van der Waals surface area contributed by atoms with Crippen LogP contribution in [0.1, 0.15) is 36.1 Å². The third-order valence-electron chi connectivity index (χ3n) is 5.85. The van der Waals surface area contributed by atoms with Crippen LogP contribution in [0, 0.1) is 0 Å². The third kappa shape index (κ3) is 5.24. The maximum absolute atomic E-state index is 11.5. The van der Waals surface area contributed by atoms with Gasteiger partial charge in [-0.25, -0.2) is 4.79 Å². The SMILES string of the molecule is CCOC(=O)COc1ccc2c(c1)CC(NCC(O)c1cccc3ccccc13)CC2. The van der Waals surface area contributed by atoms with E-state index in [1.165, 1.54) is 11.1 Å². The molecule has 0 bridgehead atoms. The maximum atomic E-state index is 11.5. The number of ether oxygens (including phenoxy) is 2. The molecule has 2 unspecified atom stereocenters. The van der Waals surface area contributed by atoms with E-state index in [0.717, 1.165) is 35.6 Å². The molecular weight excluding hydrogens is 390 g/mol. The Kier molecular flexibility index (Phi) is 6.85. The van der Waals surface area contributed by atoms with Crippen molar-refractivity contribution in [3.63, 3.8) is 0 Å². The van der Waals surface area contributed by atoms with Gasteiger partial charge in [0.15, 0.2) is 6.61 Å². The standard InChI is InChI=1S/C26H29NO4/c1-2-30-26(29)17-31-22-13-11-18-10-12-21(14-20(18)15-22)27-16-25(28)24-9-5-7-19-6-3-4-8-23(19)24/h3-9,11,13,15,21,25,27-28H,2,10,12,14,16-17H2,1H3. The van der Waals surface area contributed by atoms with Gasteiger partial charge in [-0.2, -0.15) is 0 Å². The number of carbonyl (C=O) groups excluding carboxylic acids is 1. The van der Waals surface area contributed by atoms with Crippen LogP contribution in [0.15, 0.2) is 60.7 Å². The molecule has 3 aromatic carbocycles. The minimum absolute atomic E-state index is 0.0778. The molecule has 0 saturated heterocycles. The van der Waals surface area contributed by atoms with E-state index < -0.39 is 6.10 Å². The zero-order chi connectivity index (χ0) is 21.6. The number of hydrogen-bond donors (Lipinski definition) is 2. The molecule has 1 aliphatic rings. The molecule has 162 valence electrons. The second kappa shape index (κ2) is 9.94. The fraction of sp³-hybridized carbons (Fsp3) is 0.346. The number of aliphatic hydroxyl groups excluding tert-OH is 1. The van der Waals surface area contributed by atoms with Crippen molar-refractivity contribution in [2.45, 2.75) is 38.3 Å². The number of aliphatic hydroxyl groups is 1. The number of aryl methyl sites for hydroxylation is 1. The predicted octanol–water partition coefficient (Wildman–Crippen LogP) is 3.96. The molecule has 1 aliphatic carbocycles. The van der Waals surface area contributed by atoms with Gasteiger partial charge in [0.2, 0.25) is 0 Å². The predicted molar refractivity (Wildman–Crippen MR) is 121 cm³/mol. The Hall–Kier alpha value is -2.89. The highest BCUT2D eigenvalue weighted by atomic mass is 16.6. The molecule has 2 atom stereocenters. The summed E-state index contributed by atoms with van der Waals surface area (Å²) in [6.45, 7) is 2.56. The summed E-state index contributed by atoms with van der Waals surface area (Å²) in [5, 5.41) is 16.6. The molecule has 0 spiro atoms. The first kappa shape index (κ1) is 21.3. The summed E-state index contributed by atoms with van der Waals surface area (Å²) >= 11 is 0. The summed E-state index contributed by atoms with van der Waals surface area (Å²) in [4.78, 5) is 11.5. The first-order valence-electron chi connectivity index (χ1n) is 10.9. The summed E-state index contributed by atoms with van der Waals surface area (Å²) in [5.41, 5.74) is 3.50. The van der Waals surface area contributed by atoms with Crippen molar-refractivity contribution in [3.05, 3.63) is 77.4 Å². The van der Waals surface area contributed by atoms with Gasteiger partial charge in [0.25, 0.3) is 0 Å². The molecule has 5 heteroatoms. The van der Waals surface area contributed by atoms with Crippen molar-refractivity contribution in [2.75, 3.05) is 19.8 Å². The summed E-state index contributed by atoms with van der Waals surface area (Å²) in [6, 6.07) is 20.5. The lowest BCUT2D eigenvalue weighted by atomic mass is 9.88. The summed E-state index contributed by atoms with van der Waals surface area (Å²) in [5.74, 6) is 0.324. The Morgan fingerprint density at radius 1 is 1.13 bits per heavy atom. The summed E-state index contributed by atoms with van der Waals surface area (Å²) in [6.07, 6.45) is 2.31. The van der Waals surface area contributed by atoms with Crippen molar-refractivity contribution in [2.24, 2.45) is 0 Å². The minimum Gasteiger partial charge on any atom is -0.482 e. The quantitative estimate of drug-likeness (QED) is 0.541. The minimum atomic E-state index is -0.563. The van der Waals surface area contributed by atoms with Crippen LogP contribution in [-0.2, 0) is 22.4 Å². The monoisotopic (exact) mass is 419 g/mol. The Bertz CT molecular complexity index is 1040. The van der Waals surface area contributed by atoms with Gasteiger partial charge in [-0.1, -0.05) is 48.5 Å². The molecule has 2 N–H and O–H groups in total. The van der Waals surface area contributed by atoms with Gasteiger partial charge in [-0.15, -0.1) is 0 Å². The number of fused-ring (bicyclic) bond motifs is 2. The number of benzene rings is 3. The van der Waals surface area contributed by atoms with E-state index in [1.54, 1.807) is 6.92 Å². The Morgan fingerprint density at radius 2 is 1.97 bits per heavy atom. The van der Waals surface area contributed by atoms with Crippen LogP contribution in [0.3, 0.4) is 0 Å². The van der Waals surface area contributed by atoms with Crippen LogP contribution in [0.2, 0.25) is 0 Å². The molecule has 4 rings (SSSR count). The normalized spacial score (nSPS) is 16.5. The number of esters is 1. The first-order chi connectivity index (χ1) is 15.1. The maximum Gasteiger partial charge on any atom is 0.344 e. The largest absolute Gasteiger partial charge is 0.482 e. The van der Waals surface area contributed by atoms with E-state index in [1.807, 2.05) is 36.4 Å². The van der Waals surface area contributed by atoms with Gasteiger partial charge in [-0.3, -0.25) is 0 Å². The van der Waals surface area contributed by atoms with Gasteiger partial charge < -0.3 is 19.9 Å². The van der Waals surface area contributed by atoms with Crippen molar-refractivity contribution in [1.29, 1.82) is 0 Å². The molecule has 0 fully saturated rings. The topological polar surface area (TPSA) is 67.8 Å². The highest BCUT2D eigenvalue weighted by molar-refractivity contribution is 5.86. The van der Waals surface area contributed by atoms with Gasteiger partial charge in [-0.05, 0) is 65.8 Å². The first-order valence-corrected chi connectivity index (χ1v) is 10.9. The van der Waals surface area contributed by atoms with Crippen molar-refractivity contribution >= 4 is 16.7 Å². The second-order valence-corrected chi connectivity index (χ2v) is 7.96. The van der Waals surface area contributed by atoms with Crippen LogP contribution in [0.25, 0.3) is 10.8 Å². The summed E-state index contributed by atoms with van der Waals surface area (Å²) in [7, 11) is 0. The van der Waals surface area contributed by atoms with Crippen LogP contribution in [-0.4, -0.2) is 36.9 Å². The Labute approximate surface area is 183 Å². The Morgan fingerprint density at radius 3 is 2.84 bits per heavy atom. The molecule has 0 aliphatic heterocycles. The molecule has 0 amide bonds. The Balaban J connectivity index is 1.36. The molecule has 5 nitrogen and oxygen atoms in total. The summed E-state index contributed by atoms with van der Waals surface area (Å²) < 4.78 is 10.5. The molecule has 0 saturated carbocycles. The van der Waals surface area contributed by atoms with Gasteiger partial charge >= 0.3 is 5.97 Å². The highest BCUT2D eigenvalue weighted by Crippen LogP contribution is 2.27. The van der Waals surface area contributed by atoms with Crippen LogP contribution < -0.4 is 10.1 Å². The highest BCUT2D eigenvalue weighted by Gasteiger charge is 2.21. The van der Waals surface area contributed by atoms with E-state index in [4.69, 9.17) is 9.47 Å². The van der Waals surface area contributed by atoms with E-state index in [0.29, 0.717) is 18.9 Å². The van der Waals surface area contributed by atoms with Crippen molar-refractivity contribution < 1.29 is 19.4 Å². The molecular formula is C26H29NO4. The molecule has 0 heterocycles. The lowest BCUT2D eigenvalue weighted by Crippen LogP contribution is -2.37. The second-order valence-electron chi connectivity index (χ2n) is 7.96. The van der Waals surface area contributed by atoms with E-state index >= 15 is 0 Å². The number of hydrogen-bond acceptors (Lipinski definition) is 5. The molecule has 31 heavy (non-hydrogen) atoms. The lowest BCUT2D eigenvalue weighted by molar-refractivity contribution is -0.145. The van der Waals surface area contributed by atoms with Crippen molar-refractivity contribution in [1.82, 2.24) is 5.32 Å². The van der Waals surface area contributed by atoms with Crippen LogP contribution in [0.5, 0.6) is 5.75 Å². The van der Waals surface area contributed by atoms with Crippen LogP contribution >= 0.6 is 0 Å². The lowest BCUT2D eigenvalue weighted by Gasteiger charge is -2.27. The number of carbonyl (C=O) groups is 1. The zero-order valence-electron chi connectivity index (χ0n) is 17.8. The zero-order valence-corrected chi connectivity index (χ0v) is 17.8. The van der Waals surface area contributed by atoms with Gasteiger partial charge in [0.05, 0.1) is 12.7 Å². The average molecular weight is 420 g/mol. The molecule has 0 radical (unpaired) electrons. The smallest absolute Gasteiger partial charge is 0.344 e. The fourth-order valence-corrected chi connectivity index (χ4v) is 4.27. The van der Waals surface area contributed by atoms with E-state index in [-0.39, 0.29) is 18.6 Å². The van der Waals surface area contributed by atoms with Gasteiger partial charge in [0, 0.05) is 12.6 Å². The number of nitrogens with one attached hydrogen (secondary N) is 1.